The van der Waals surface area contributed by atoms with Crippen LogP contribution >= 0.6 is 0 Å². The van der Waals surface area contributed by atoms with E-state index in [1.807, 2.05) is 23.1 Å². The molecule has 3 aromatic rings. The number of ether oxygens (including phenoxy) is 1. The first-order chi connectivity index (χ1) is 16.0. The number of hydrogen-bond donors (Lipinski definition) is 1. The number of hydrogen-bond acceptors (Lipinski definition) is 4. The molecule has 0 aliphatic carbocycles. The molecule has 172 valence electrons. The fourth-order valence-corrected chi connectivity index (χ4v) is 4.17. The summed E-state index contributed by atoms with van der Waals surface area (Å²) in [4.78, 5) is 14.5. The van der Waals surface area contributed by atoms with Crippen molar-refractivity contribution >= 4 is 17.8 Å². The molecule has 1 aromatic heterocycles. The molecule has 2 unspecified atom stereocenters. The second-order valence-electron chi connectivity index (χ2n) is 8.73. The van der Waals surface area contributed by atoms with E-state index in [-0.39, 0.29) is 18.1 Å². The third-order valence-corrected chi connectivity index (χ3v) is 5.99. The molecule has 1 fully saturated rings. The maximum absolute atomic E-state index is 12.6. The van der Waals surface area contributed by atoms with Crippen LogP contribution in [0, 0.1) is 12.8 Å². The van der Waals surface area contributed by atoms with Crippen molar-refractivity contribution in [2.75, 3.05) is 18.4 Å². The Morgan fingerprint density at radius 3 is 2.82 bits per heavy atom. The predicted octanol–water partition coefficient (Wildman–Crippen LogP) is 5.95. The molecular weight excluding hydrogens is 414 g/mol. The molecule has 6 heteroatoms. The number of nitrogens with zero attached hydrogens (tertiary/aromatic N) is 2. The molecule has 1 aliphatic rings. The highest BCUT2D eigenvalue weighted by atomic mass is 16.5. The van der Waals surface area contributed by atoms with E-state index >= 15 is 0 Å². The van der Waals surface area contributed by atoms with Crippen LogP contribution in [0.25, 0.3) is 6.08 Å². The highest BCUT2D eigenvalue weighted by molar-refractivity contribution is 5.89. The summed E-state index contributed by atoms with van der Waals surface area (Å²) in [5.74, 6) is 1.75. The average Bonchev–Trinajstić information content (AvgIpc) is 3.20. The Balaban J connectivity index is 1.35. The molecule has 2 atom stereocenters. The van der Waals surface area contributed by atoms with E-state index in [1.54, 1.807) is 6.92 Å². The lowest BCUT2D eigenvalue weighted by molar-refractivity contribution is 0.197. The minimum Gasteiger partial charge on any atom is -0.490 e. The molecule has 33 heavy (non-hydrogen) atoms. The van der Waals surface area contributed by atoms with Gasteiger partial charge in [0, 0.05) is 19.5 Å². The highest BCUT2D eigenvalue weighted by Crippen LogP contribution is 2.27. The van der Waals surface area contributed by atoms with Crippen LogP contribution in [0.3, 0.4) is 0 Å². The molecule has 0 bridgehead atoms. The van der Waals surface area contributed by atoms with Gasteiger partial charge < -0.3 is 19.5 Å². The average molecular weight is 446 g/mol. The van der Waals surface area contributed by atoms with E-state index in [2.05, 4.69) is 66.8 Å². The number of anilines is 1. The van der Waals surface area contributed by atoms with E-state index in [9.17, 15) is 4.79 Å². The Bertz CT molecular complexity index is 1110. The van der Waals surface area contributed by atoms with Crippen LogP contribution in [0.15, 0.2) is 70.9 Å². The van der Waals surface area contributed by atoms with Gasteiger partial charge in [-0.15, -0.1) is 0 Å². The van der Waals surface area contributed by atoms with Crippen molar-refractivity contribution < 1.29 is 14.1 Å². The Morgan fingerprint density at radius 2 is 2.09 bits per heavy atom. The summed E-state index contributed by atoms with van der Waals surface area (Å²) in [5, 5.41) is 6.59. The van der Waals surface area contributed by atoms with Gasteiger partial charge in [0.2, 0.25) is 0 Å². The second-order valence-corrected chi connectivity index (χ2v) is 8.73. The molecule has 4 rings (SSSR count). The Morgan fingerprint density at radius 1 is 1.27 bits per heavy atom. The van der Waals surface area contributed by atoms with E-state index in [0.717, 1.165) is 24.2 Å². The van der Waals surface area contributed by atoms with E-state index in [4.69, 9.17) is 9.26 Å². The van der Waals surface area contributed by atoms with E-state index in [1.165, 1.54) is 17.3 Å². The van der Waals surface area contributed by atoms with Crippen LogP contribution in [-0.2, 0) is 6.42 Å². The standard InChI is InChI=1S/C27H31N3O3/c1-19-18-30(27(31)29-26-17-28-33-21(26)3)13-12-24(19)15-23-10-7-11-25(16-23)32-20(2)14-22-8-5-4-6-9-22/h4-11,15-17,19-20H,12-14,18H2,1-3H3,(H,29,31)/b24-15+. The predicted molar refractivity (Wildman–Crippen MR) is 130 cm³/mol. The summed E-state index contributed by atoms with van der Waals surface area (Å²) >= 11 is 0. The van der Waals surface area contributed by atoms with E-state index in [0.29, 0.717) is 24.5 Å². The summed E-state index contributed by atoms with van der Waals surface area (Å²) in [5.41, 5.74) is 4.35. The molecule has 0 spiro atoms. The summed E-state index contributed by atoms with van der Waals surface area (Å²) < 4.78 is 11.2. The van der Waals surface area contributed by atoms with Crippen molar-refractivity contribution in [3.63, 3.8) is 0 Å². The van der Waals surface area contributed by atoms with Crippen molar-refractivity contribution in [3.05, 3.63) is 83.3 Å². The lowest BCUT2D eigenvalue weighted by atomic mass is 9.91. The number of carbonyl (C=O) groups is 1. The largest absolute Gasteiger partial charge is 0.490 e. The maximum Gasteiger partial charge on any atom is 0.322 e. The lowest BCUT2D eigenvalue weighted by Crippen LogP contribution is -2.42. The second kappa shape index (κ2) is 10.4. The molecule has 2 heterocycles. The summed E-state index contributed by atoms with van der Waals surface area (Å²) in [6.45, 7) is 7.39. The Kier molecular flexibility index (Phi) is 7.13. The van der Waals surface area contributed by atoms with Crippen molar-refractivity contribution in [2.24, 2.45) is 5.92 Å². The zero-order valence-electron chi connectivity index (χ0n) is 19.5. The number of amides is 2. The van der Waals surface area contributed by atoms with E-state index < -0.39 is 0 Å². The fraction of sp³-hybridized carbons (Fsp3) is 0.333. The van der Waals surface area contributed by atoms with Crippen molar-refractivity contribution in [1.29, 1.82) is 0 Å². The molecule has 2 amide bonds. The number of piperidine rings is 1. The van der Waals surface area contributed by atoms with Gasteiger partial charge in [0.1, 0.15) is 11.4 Å². The van der Waals surface area contributed by atoms with Gasteiger partial charge in [0.05, 0.1) is 12.3 Å². The van der Waals surface area contributed by atoms with Crippen molar-refractivity contribution in [1.82, 2.24) is 10.1 Å². The maximum atomic E-state index is 12.6. The number of urea groups is 1. The number of carbonyl (C=O) groups excluding carboxylic acids is 1. The van der Waals surface area contributed by atoms with Crippen LogP contribution in [-0.4, -0.2) is 35.3 Å². The first kappa shape index (κ1) is 22.6. The molecule has 6 nitrogen and oxygen atoms in total. The third kappa shape index (κ3) is 6.04. The minimum absolute atomic E-state index is 0.0880. The number of aromatic nitrogens is 1. The van der Waals surface area contributed by atoms with Crippen LogP contribution in [0.5, 0.6) is 5.75 Å². The Labute approximate surface area is 195 Å². The number of nitrogens with one attached hydrogen (secondary N) is 1. The van der Waals surface area contributed by atoms with Gasteiger partial charge >= 0.3 is 6.03 Å². The third-order valence-electron chi connectivity index (χ3n) is 5.99. The van der Waals surface area contributed by atoms with Gasteiger partial charge in [-0.25, -0.2) is 4.79 Å². The molecule has 1 saturated heterocycles. The van der Waals surface area contributed by atoms with Crippen LogP contribution < -0.4 is 10.1 Å². The summed E-state index contributed by atoms with van der Waals surface area (Å²) in [6.07, 6.45) is 5.56. The number of rotatable bonds is 6. The summed E-state index contributed by atoms with van der Waals surface area (Å²) in [6, 6.07) is 18.5. The topological polar surface area (TPSA) is 67.6 Å². The van der Waals surface area contributed by atoms with Gasteiger partial charge in [0.15, 0.2) is 5.76 Å². The molecule has 0 radical (unpaired) electrons. The van der Waals surface area contributed by atoms with Gasteiger partial charge in [-0.05, 0) is 49.4 Å². The van der Waals surface area contributed by atoms with Crippen LogP contribution in [0.2, 0.25) is 0 Å². The van der Waals surface area contributed by atoms with Gasteiger partial charge in [-0.1, -0.05) is 66.2 Å². The number of benzene rings is 2. The Hall–Kier alpha value is -3.54. The zero-order valence-corrected chi connectivity index (χ0v) is 19.5. The monoisotopic (exact) mass is 445 g/mol. The summed E-state index contributed by atoms with van der Waals surface area (Å²) in [7, 11) is 0. The number of likely N-dealkylation sites (tertiary alicyclic amines) is 1. The van der Waals surface area contributed by atoms with Gasteiger partial charge in [0.25, 0.3) is 0 Å². The lowest BCUT2D eigenvalue weighted by Gasteiger charge is -2.33. The van der Waals surface area contributed by atoms with Crippen molar-refractivity contribution in [3.8, 4) is 5.75 Å². The molecular formula is C27H31N3O3. The van der Waals surface area contributed by atoms with Gasteiger partial charge in [-0.3, -0.25) is 0 Å². The minimum atomic E-state index is -0.116. The number of aryl methyl sites for hydroxylation is 1. The highest BCUT2D eigenvalue weighted by Gasteiger charge is 2.25. The zero-order chi connectivity index (χ0) is 23.2. The fourth-order valence-electron chi connectivity index (χ4n) is 4.17. The molecule has 1 aliphatic heterocycles. The van der Waals surface area contributed by atoms with Gasteiger partial charge in [-0.2, -0.15) is 0 Å². The molecule has 2 aromatic carbocycles. The smallest absolute Gasteiger partial charge is 0.322 e. The first-order valence-electron chi connectivity index (χ1n) is 11.5. The van der Waals surface area contributed by atoms with Crippen LogP contribution in [0.4, 0.5) is 10.5 Å². The molecule has 0 saturated carbocycles. The molecule has 1 N–H and O–H groups in total. The SMILES string of the molecule is Cc1oncc1NC(=O)N1CC/C(=C\c2cccc(OC(C)Cc3ccccc3)c2)C(C)C1. The van der Waals surface area contributed by atoms with Crippen LogP contribution in [0.1, 0.15) is 37.2 Å². The first-order valence-corrected chi connectivity index (χ1v) is 11.5. The normalized spacial score (nSPS) is 18.2. The van der Waals surface area contributed by atoms with Crippen molar-refractivity contribution in [2.45, 2.75) is 39.7 Å². The quantitative estimate of drug-likeness (QED) is 0.509.